The van der Waals surface area contributed by atoms with Gasteiger partial charge in [0.15, 0.2) is 5.78 Å². The lowest BCUT2D eigenvalue weighted by Crippen LogP contribution is -2.43. The topological polar surface area (TPSA) is 58.6 Å². The molecule has 0 aromatic heterocycles. The fourth-order valence-corrected chi connectivity index (χ4v) is 3.51. The highest BCUT2D eigenvalue weighted by molar-refractivity contribution is 5.97. The molecule has 1 N–H and O–H groups in total. The Kier molecular flexibility index (Phi) is 7.20. The molecule has 1 aliphatic rings. The number of nitrogens with one attached hydrogen (secondary N) is 1. The lowest BCUT2D eigenvalue weighted by atomic mass is 9.89. The number of hydrogen-bond donors (Lipinski definition) is 1. The molecule has 0 radical (unpaired) electrons. The quantitative estimate of drug-likeness (QED) is 0.565. The Bertz CT molecular complexity index is 783. The van der Waals surface area contributed by atoms with Crippen LogP contribution < -0.4 is 10.1 Å². The molecule has 3 rings (SSSR count). The molecule has 1 saturated heterocycles. The fourth-order valence-electron chi connectivity index (χ4n) is 3.51. The van der Waals surface area contributed by atoms with Gasteiger partial charge in [-0.05, 0) is 50.6 Å². The third kappa shape index (κ3) is 5.92. The average Bonchev–Trinajstić information content (AvgIpc) is 2.72. The maximum atomic E-state index is 12.5. The van der Waals surface area contributed by atoms with E-state index in [0.29, 0.717) is 19.7 Å². The summed E-state index contributed by atoms with van der Waals surface area (Å²) in [5, 5.41) is 2.90. The number of carbonyl (C=O) groups is 2. The van der Waals surface area contributed by atoms with E-state index in [1.54, 1.807) is 0 Å². The Hall–Kier alpha value is -2.66. The van der Waals surface area contributed by atoms with Crippen LogP contribution >= 0.6 is 0 Å². The summed E-state index contributed by atoms with van der Waals surface area (Å²) in [5.74, 6) is 1.10. The van der Waals surface area contributed by atoms with E-state index in [-0.39, 0.29) is 17.6 Å². The Morgan fingerprint density at radius 3 is 2.54 bits per heavy atom. The lowest BCUT2D eigenvalue weighted by Gasteiger charge is -2.30. The van der Waals surface area contributed by atoms with Gasteiger partial charge in [0.25, 0.3) is 0 Å². The number of likely N-dealkylation sites (tertiary alicyclic amines) is 1. The Labute approximate surface area is 166 Å². The van der Waals surface area contributed by atoms with Crippen molar-refractivity contribution in [3.05, 3.63) is 65.7 Å². The van der Waals surface area contributed by atoms with Gasteiger partial charge in [0.2, 0.25) is 5.91 Å². The highest BCUT2D eigenvalue weighted by Gasteiger charge is 2.26. The van der Waals surface area contributed by atoms with Crippen molar-refractivity contribution in [3.63, 3.8) is 0 Å². The third-order valence-corrected chi connectivity index (χ3v) is 5.07. The SMILES string of the molecule is Cc1cccc(OCCNC(=O)CN2CCC(C(=O)c3ccccc3)CC2)c1. The number of nitrogens with zero attached hydrogens (tertiary/aromatic N) is 1. The minimum absolute atomic E-state index is 0.000628. The molecular weight excluding hydrogens is 352 g/mol. The van der Waals surface area contributed by atoms with Gasteiger partial charge in [0.05, 0.1) is 13.1 Å². The van der Waals surface area contributed by atoms with Crippen molar-refractivity contribution in [1.82, 2.24) is 10.2 Å². The van der Waals surface area contributed by atoms with Gasteiger partial charge >= 0.3 is 0 Å². The summed E-state index contributed by atoms with van der Waals surface area (Å²) in [6.45, 7) is 4.87. The first-order valence-electron chi connectivity index (χ1n) is 9.89. The van der Waals surface area contributed by atoms with Crippen LogP contribution in [0.2, 0.25) is 0 Å². The van der Waals surface area contributed by atoms with Crippen LogP contribution in [0.3, 0.4) is 0 Å². The molecule has 0 spiro atoms. The highest BCUT2D eigenvalue weighted by Crippen LogP contribution is 2.21. The van der Waals surface area contributed by atoms with Crippen LogP contribution in [0.25, 0.3) is 0 Å². The molecule has 0 atom stereocenters. The molecule has 5 heteroatoms. The van der Waals surface area contributed by atoms with Crippen molar-refractivity contribution in [3.8, 4) is 5.75 Å². The number of aryl methyl sites for hydroxylation is 1. The summed E-state index contributed by atoms with van der Waals surface area (Å²) in [7, 11) is 0. The van der Waals surface area contributed by atoms with E-state index in [4.69, 9.17) is 4.74 Å². The van der Waals surface area contributed by atoms with E-state index in [1.807, 2.05) is 61.5 Å². The van der Waals surface area contributed by atoms with E-state index in [0.717, 1.165) is 42.8 Å². The lowest BCUT2D eigenvalue weighted by molar-refractivity contribution is -0.122. The molecule has 148 valence electrons. The van der Waals surface area contributed by atoms with E-state index in [9.17, 15) is 9.59 Å². The number of ether oxygens (including phenoxy) is 1. The van der Waals surface area contributed by atoms with Crippen LogP contribution in [0, 0.1) is 12.8 Å². The zero-order valence-corrected chi connectivity index (χ0v) is 16.4. The molecule has 5 nitrogen and oxygen atoms in total. The summed E-state index contributed by atoms with van der Waals surface area (Å²) < 4.78 is 5.64. The smallest absolute Gasteiger partial charge is 0.234 e. The van der Waals surface area contributed by atoms with Crippen molar-refractivity contribution in [2.75, 3.05) is 32.8 Å². The first kappa shape index (κ1) is 20.1. The molecule has 0 bridgehead atoms. The standard InChI is InChI=1S/C23H28N2O3/c1-18-6-5-9-21(16-18)28-15-12-24-22(26)17-25-13-10-20(11-14-25)23(27)19-7-3-2-4-8-19/h2-9,16,20H,10-15,17H2,1H3,(H,24,26). The van der Waals surface area contributed by atoms with Crippen molar-refractivity contribution < 1.29 is 14.3 Å². The van der Waals surface area contributed by atoms with Gasteiger partial charge in [0, 0.05) is 11.5 Å². The molecule has 1 heterocycles. The average molecular weight is 380 g/mol. The number of piperidine rings is 1. The second kappa shape index (κ2) is 10.0. The maximum Gasteiger partial charge on any atom is 0.234 e. The predicted molar refractivity (Wildman–Crippen MR) is 110 cm³/mol. The van der Waals surface area contributed by atoms with Crippen LogP contribution in [0.4, 0.5) is 0 Å². The molecule has 2 aromatic carbocycles. The molecule has 1 fully saturated rings. The largest absolute Gasteiger partial charge is 0.492 e. The zero-order valence-electron chi connectivity index (χ0n) is 16.4. The van der Waals surface area contributed by atoms with Crippen molar-refractivity contribution >= 4 is 11.7 Å². The number of hydrogen-bond acceptors (Lipinski definition) is 4. The van der Waals surface area contributed by atoms with Gasteiger partial charge in [0.1, 0.15) is 12.4 Å². The molecular formula is C23H28N2O3. The van der Waals surface area contributed by atoms with Gasteiger partial charge in [-0.25, -0.2) is 0 Å². The first-order chi connectivity index (χ1) is 13.6. The second-order valence-electron chi connectivity index (χ2n) is 7.30. The summed E-state index contributed by atoms with van der Waals surface area (Å²) in [6, 6.07) is 17.3. The van der Waals surface area contributed by atoms with E-state index in [2.05, 4.69) is 10.2 Å². The van der Waals surface area contributed by atoms with E-state index in [1.165, 1.54) is 0 Å². The number of carbonyl (C=O) groups excluding carboxylic acids is 2. The Balaban J connectivity index is 1.33. The van der Waals surface area contributed by atoms with Crippen LogP contribution in [-0.2, 0) is 4.79 Å². The zero-order chi connectivity index (χ0) is 19.8. The van der Waals surface area contributed by atoms with Crippen LogP contribution in [-0.4, -0.2) is 49.4 Å². The highest BCUT2D eigenvalue weighted by atomic mass is 16.5. The summed E-state index contributed by atoms with van der Waals surface area (Å²) >= 11 is 0. The summed E-state index contributed by atoms with van der Waals surface area (Å²) in [6.07, 6.45) is 1.61. The molecule has 0 aliphatic carbocycles. The van der Waals surface area contributed by atoms with Gasteiger partial charge in [-0.2, -0.15) is 0 Å². The van der Waals surface area contributed by atoms with Crippen LogP contribution in [0.15, 0.2) is 54.6 Å². The predicted octanol–water partition coefficient (Wildman–Crippen LogP) is 3.08. The minimum Gasteiger partial charge on any atom is -0.492 e. The van der Waals surface area contributed by atoms with Crippen molar-refractivity contribution in [1.29, 1.82) is 0 Å². The van der Waals surface area contributed by atoms with Gasteiger partial charge in [-0.15, -0.1) is 0 Å². The summed E-state index contributed by atoms with van der Waals surface area (Å²) in [4.78, 5) is 26.8. The minimum atomic E-state index is 0.000628. The Morgan fingerprint density at radius 1 is 1.07 bits per heavy atom. The number of amides is 1. The van der Waals surface area contributed by atoms with E-state index >= 15 is 0 Å². The molecule has 2 aromatic rings. The molecule has 0 unspecified atom stereocenters. The molecule has 1 aliphatic heterocycles. The van der Waals surface area contributed by atoms with Gasteiger partial charge in [-0.1, -0.05) is 42.5 Å². The Morgan fingerprint density at radius 2 is 1.82 bits per heavy atom. The van der Waals surface area contributed by atoms with Crippen molar-refractivity contribution in [2.24, 2.45) is 5.92 Å². The summed E-state index contributed by atoms with van der Waals surface area (Å²) in [5.41, 5.74) is 1.93. The number of rotatable bonds is 8. The van der Waals surface area contributed by atoms with Crippen LogP contribution in [0.5, 0.6) is 5.75 Å². The first-order valence-corrected chi connectivity index (χ1v) is 9.89. The monoisotopic (exact) mass is 380 g/mol. The van der Waals surface area contributed by atoms with Crippen LogP contribution in [0.1, 0.15) is 28.8 Å². The van der Waals surface area contributed by atoms with Gasteiger partial charge < -0.3 is 10.1 Å². The number of Topliss-reactive ketones (excluding diaryl/α,β-unsaturated/α-hetero) is 1. The van der Waals surface area contributed by atoms with E-state index < -0.39 is 0 Å². The molecule has 28 heavy (non-hydrogen) atoms. The molecule has 1 amide bonds. The van der Waals surface area contributed by atoms with Crippen molar-refractivity contribution in [2.45, 2.75) is 19.8 Å². The normalized spacial score (nSPS) is 15.2. The maximum absolute atomic E-state index is 12.5. The second-order valence-corrected chi connectivity index (χ2v) is 7.30. The van der Waals surface area contributed by atoms with Gasteiger partial charge in [-0.3, -0.25) is 14.5 Å². The third-order valence-electron chi connectivity index (χ3n) is 5.07. The number of ketones is 1. The number of benzene rings is 2. The fraction of sp³-hybridized carbons (Fsp3) is 0.391. The molecule has 0 saturated carbocycles.